The molecular weight excluding hydrogens is 345 g/mol. The number of phenolic OH excluding ortho intramolecular Hbond substituents is 1. The van der Waals surface area contributed by atoms with Gasteiger partial charge in [0, 0.05) is 22.9 Å². The van der Waals surface area contributed by atoms with Gasteiger partial charge >= 0.3 is 0 Å². The van der Waals surface area contributed by atoms with Crippen LogP contribution in [0.3, 0.4) is 0 Å². The van der Waals surface area contributed by atoms with Crippen LogP contribution in [0, 0.1) is 15.5 Å². The summed E-state index contributed by atoms with van der Waals surface area (Å²) in [7, 11) is 0. The number of nitro benzene ring substituents is 1. The van der Waals surface area contributed by atoms with E-state index in [1.807, 2.05) is 0 Å². The molecule has 0 spiro atoms. The van der Waals surface area contributed by atoms with Crippen LogP contribution in [0.5, 0.6) is 5.75 Å². The Bertz CT molecular complexity index is 733. The summed E-state index contributed by atoms with van der Waals surface area (Å²) in [5.74, 6) is -0.895. The van der Waals surface area contributed by atoms with Crippen molar-refractivity contribution in [3.8, 4) is 5.75 Å². The van der Waals surface area contributed by atoms with Crippen molar-refractivity contribution < 1.29 is 14.8 Å². The van der Waals surface area contributed by atoms with Crippen molar-refractivity contribution in [3.05, 3.63) is 67.7 Å². The molecule has 0 aliphatic heterocycles. The molecule has 0 saturated heterocycles. The SMILES string of the molecule is N=Cc1cc(Cl)cc(Cl)c1O.NC(=O)c1ccccc1[N+](=O)[O-]. The lowest BCUT2D eigenvalue weighted by atomic mass is 10.2. The second-order valence-corrected chi connectivity index (χ2v) is 4.95. The van der Waals surface area contributed by atoms with Crippen molar-refractivity contribution >= 4 is 41.0 Å². The van der Waals surface area contributed by atoms with Crippen LogP contribution in [-0.2, 0) is 0 Å². The van der Waals surface area contributed by atoms with E-state index in [9.17, 15) is 20.0 Å². The quantitative estimate of drug-likeness (QED) is 0.442. The highest BCUT2D eigenvalue weighted by atomic mass is 35.5. The maximum Gasteiger partial charge on any atom is 0.282 e. The molecule has 0 aromatic heterocycles. The van der Waals surface area contributed by atoms with Crippen molar-refractivity contribution in [3.63, 3.8) is 0 Å². The summed E-state index contributed by atoms with van der Waals surface area (Å²) in [5.41, 5.74) is 4.90. The van der Waals surface area contributed by atoms with E-state index in [0.717, 1.165) is 6.21 Å². The smallest absolute Gasteiger partial charge is 0.282 e. The van der Waals surface area contributed by atoms with Crippen molar-refractivity contribution in [1.29, 1.82) is 5.41 Å². The van der Waals surface area contributed by atoms with Crippen molar-refractivity contribution in [2.24, 2.45) is 5.73 Å². The first kappa shape index (κ1) is 18.4. The minimum Gasteiger partial charge on any atom is -0.506 e. The highest BCUT2D eigenvalue weighted by Gasteiger charge is 2.15. The molecule has 2 rings (SSSR count). The fourth-order valence-electron chi connectivity index (χ4n) is 1.54. The number of carbonyl (C=O) groups is 1. The second kappa shape index (κ2) is 8.11. The van der Waals surface area contributed by atoms with E-state index in [-0.39, 0.29) is 22.0 Å². The van der Waals surface area contributed by atoms with E-state index in [1.54, 1.807) is 0 Å². The average molecular weight is 356 g/mol. The monoisotopic (exact) mass is 355 g/mol. The number of para-hydroxylation sites is 1. The normalized spacial score (nSPS) is 9.48. The molecule has 0 aliphatic carbocycles. The number of hydrogen-bond donors (Lipinski definition) is 3. The summed E-state index contributed by atoms with van der Waals surface area (Å²) in [6.45, 7) is 0. The number of hydrogen-bond acceptors (Lipinski definition) is 5. The molecule has 2 aromatic rings. The average Bonchev–Trinajstić information content (AvgIpc) is 2.51. The lowest BCUT2D eigenvalue weighted by Crippen LogP contribution is -2.12. The number of benzene rings is 2. The first-order valence-electron chi connectivity index (χ1n) is 5.99. The van der Waals surface area contributed by atoms with Gasteiger partial charge < -0.3 is 16.2 Å². The number of amides is 1. The Labute approximate surface area is 140 Å². The molecule has 9 heteroatoms. The van der Waals surface area contributed by atoms with E-state index in [1.165, 1.54) is 36.4 Å². The molecule has 0 fully saturated rings. The van der Waals surface area contributed by atoms with Crippen molar-refractivity contribution in [2.75, 3.05) is 0 Å². The maximum atomic E-state index is 10.6. The number of primary amides is 1. The van der Waals surface area contributed by atoms with Gasteiger partial charge in [-0.3, -0.25) is 14.9 Å². The van der Waals surface area contributed by atoms with E-state index in [2.05, 4.69) is 0 Å². The summed E-state index contributed by atoms with van der Waals surface area (Å²) in [6.07, 6.45) is 0.993. The number of nitro groups is 1. The number of halogens is 2. The summed E-state index contributed by atoms with van der Waals surface area (Å²) in [4.78, 5) is 20.3. The summed E-state index contributed by atoms with van der Waals surface area (Å²) in [6, 6.07) is 8.44. The Hall–Kier alpha value is -2.64. The summed E-state index contributed by atoms with van der Waals surface area (Å²) < 4.78 is 0. The van der Waals surface area contributed by atoms with E-state index in [4.69, 9.17) is 34.3 Å². The second-order valence-electron chi connectivity index (χ2n) is 4.11. The molecule has 0 aliphatic rings. The third-order valence-corrected chi connectivity index (χ3v) is 3.09. The molecule has 0 bridgehead atoms. The number of carbonyl (C=O) groups excluding carboxylic acids is 1. The van der Waals surface area contributed by atoms with Gasteiger partial charge in [0.1, 0.15) is 11.3 Å². The van der Waals surface area contributed by atoms with Crippen LogP contribution >= 0.6 is 23.2 Å². The van der Waals surface area contributed by atoms with Gasteiger partial charge in [-0.15, -0.1) is 0 Å². The summed E-state index contributed by atoms with van der Waals surface area (Å²) in [5, 5.41) is 27.0. The predicted molar refractivity (Wildman–Crippen MR) is 87.6 cm³/mol. The Balaban J connectivity index is 0.000000231. The fraction of sp³-hybridized carbons (Fsp3) is 0. The Morgan fingerprint density at radius 2 is 1.91 bits per heavy atom. The minimum atomic E-state index is -0.790. The maximum absolute atomic E-state index is 10.6. The van der Waals surface area contributed by atoms with Crippen LogP contribution in [0.2, 0.25) is 10.0 Å². The summed E-state index contributed by atoms with van der Waals surface area (Å²) >= 11 is 11.2. The zero-order valence-corrected chi connectivity index (χ0v) is 13.0. The molecular formula is C14H11Cl2N3O4. The zero-order chi connectivity index (χ0) is 17.6. The molecule has 4 N–H and O–H groups in total. The molecule has 0 atom stereocenters. The van der Waals surface area contributed by atoms with E-state index < -0.39 is 10.8 Å². The van der Waals surface area contributed by atoms with Gasteiger partial charge in [0.25, 0.3) is 11.6 Å². The number of nitrogens with one attached hydrogen (secondary N) is 1. The largest absolute Gasteiger partial charge is 0.506 e. The lowest BCUT2D eigenvalue weighted by Gasteiger charge is -2.00. The highest BCUT2D eigenvalue weighted by molar-refractivity contribution is 6.36. The van der Waals surface area contributed by atoms with Crippen LogP contribution in [0.15, 0.2) is 36.4 Å². The Morgan fingerprint density at radius 3 is 2.39 bits per heavy atom. The van der Waals surface area contributed by atoms with Crippen LogP contribution in [0.1, 0.15) is 15.9 Å². The molecule has 2 aromatic carbocycles. The van der Waals surface area contributed by atoms with E-state index in [0.29, 0.717) is 10.6 Å². The van der Waals surface area contributed by atoms with Gasteiger partial charge in [0.05, 0.1) is 9.95 Å². The topological polar surface area (TPSA) is 130 Å². The number of nitrogens with zero attached hydrogens (tertiary/aromatic N) is 1. The Morgan fingerprint density at radius 1 is 1.30 bits per heavy atom. The third kappa shape index (κ3) is 4.94. The number of nitrogens with two attached hydrogens (primary N) is 1. The zero-order valence-electron chi connectivity index (χ0n) is 11.5. The first-order valence-corrected chi connectivity index (χ1v) is 6.75. The van der Waals surface area contributed by atoms with Gasteiger partial charge in [-0.25, -0.2) is 0 Å². The molecule has 0 radical (unpaired) electrons. The van der Waals surface area contributed by atoms with Crippen LogP contribution < -0.4 is 5.73 Å². The van der Waals surface area contributed by atoms with Gasteiger partial charge in [-0.2, -0.15) is 0 Å². The molecule has 0 saturated carbocycles. The minimum absolute atomic E-state index is 0.0671. The number of phenols is 1. The molecule has 0 heterocycles. The van der Waals surface area contributed by atoms with Gasteiger partial charge in [-0.05, 0) is 18.2 Å². The van der Waals surface area contributed by atoms with Gasteiger partial charge in [0.15, 0.2) is 0 Å². The van der Waals surface area contributed by atoms with Crippen LogP contribution in [-0.4, -0.2) is 22.2 Å². The number of aromatic hydroxyl groups is 1. The Kier molecular flexibility index (Phi) is 6.49. The van der Waals surface area contributed by atoms with Gasteiger partial charge in [0.2, 0.25) is 0 Å². The first-order chi connectivity index (χ1) is 10.8. The number of rotatable bonds is 3. The van der Waals surface area contributed by atoms with Gasteiger partial charge in [-0.1, -0.05) is 35.3 Å². The third-order valence-electron chi connectivity index (χ3n) is 2.58. The fourth-order valence-corrected chi connectivity index (χ4v) is 2.05. The molecule has 7 nitrogen and oxygen atoms in total. The standard InChI is InChI=1S/C7H5Cl2NO.C7H6N2O3/c8-5-1-4(3-10)7(11)6(9)2-5;8-7(10)5-3-1-2-4-6(5)9(11)12/h1-3,10-11H;1-4H,(H2,8,10). The highest BCUT2D eigenvalue weighted by Crippen LogP contribution is 2.29. The molecule has 120 valence electrons. The van der Waals surface area contributed by atoms with E-state index >= 15 is 0 Å². The predicted octanol–water partition coefficient (Wildman–Crippen LogP) is 3.39. The molecule has 1 amide bonds. The molecule has 23 heavy (non-hydrogen) atoms. The lowest BCUT2D eigenvalue weighted by molar-refractivity contribution is -0.385. The van der Waals surface area contributed by atoms with Crippen molar-refractivity contribution in [2.45, 2.75) is 0 Å². The van der Waals surface area contributed by atoms with Crippen LogP contribution in [0.4, 0.5) is 5.69 Å². The van der Waals surface area contributed by atoms with Crippen LogP contribution in [0.25, 0.3) is 0 Å². The molecule has 0 unspecified atom stereocenters. The van der Waals surface area contributed by atoms with Crippen molar-refractivity contribution in [1.82, 2.24) is 0 Å².